The molecule has 252 valence electrons. The minimum Gasteiger partial charge on any atom is -0.504 e. The molecule has 1 saturated heterocycles. The fraction of sp³-hybridized carbons (Fsp3) is 0.357. The highest BCUT2D eigenvalue weighted by atomic mass is 32.2. The molecule has 7 heteroatoms. The number of benzene rings is 4. The van der Waals surface area contributed by atoms with E-state index in [0.29, 0.717) is 30.5 Å². The van der Waals surface area contributed by atoms with Crippen LogP contribution in [0.3, 0.4) is 0 Å². The Morgan fingerprint density at radius 2 is 1.55 bits per heavy atom. The summed E-state index contributed by atoms with van der Waals surface area (Å²) in [5.74, 6) is 1.80. The summed E-state index contributed by atoms with van der Waals surface area (Å²) in [5, 5.41) is 24.7. The monoisotopic (exact) mass is 672 g/mol. The number of phenols is 1. The Bertz CT molecular complexity index is 1720. The molecule has 0 radical (unpaired) electrons. The second-order valence-electron chi connectivity index (χ2n) is 13.9. The zero-order chi connectivity index (χ0) is 33.4. The van der Waals surface area contributed by atoms with E-state index >= 15 is 0 Å². The van der Waals surface area contributed by atoms with Crippen molar-refractivity contribution in [3.63, 3.8) is 0 Å². The zero-order valence-corrected chi connectivity index (χ0v) is 28.5. The topological polar surface area (TPSA) is 82.0 Å². The summed E-state index contributed by atoms with van der Waals surface area (Å²) in [4.78, 5) is 15.7. The number of unbranched alkanes of at least 4 members (excludes halogenated alkanes) is 1. The number of phenolic OH excluding ortho intramolecular Hbond substituents is 1. The summed E-state index contributed by atoms with van der Waals surface area (Å²) in [5.41, 5.74) is 5.72. The number of nitrogens with one attached hydrogen (secondary N) is 1. The van der Waals surface area contributed by atoms with E-state index in [-0.39, 0.29) is 29.1 Å². The van der Waals surface area contributed by atoms with Gasteiger partial charge < -0.3 is 20.3 Å². The maximum Gasteiger partial charge on any atom is 0.220 e. The summed E-state index contributed by atoms with van der Waals surface area (Å²) in [6.07, 6.45) is 7.29. The molecule has 4 aliphatic rings. The van der Waals surface area contributed by atoms with Crippen molar-refractivity contribution >= 4 is 17.7 Å². The molecule has 2 aliphatic heterocycles. The third-order valence-electron chi connectivity index (χ3n) is 11.4. The first-order valence-electron chi connectivity index (χ1n) is 17.7. The van der Waals surface area contributed by atoms with Gasteiger partial charge >= 0.3 is 0 Å². The zero-order valence-electron chi connectivity index (χ0n) is 27.7. The first kappa shape index (κ1) is 32.2. The average Bonchev–Trinajstić information content (AvgIpc) is 3.50. The van der Waals surface area contributed by atoms with Crippen molar-refractivity contribution in [2.75, 3.05) is 25.4 Å². The second kappa shape index (κ2) is 13.3. The number of hydrogen-bond acceptors (Lipinski definition) is 6. The number of aliphatic hydroxyl groups is 1. The van der Waals surface area contributed by atoms with Crippen LogP contribution in [0.25, 0.3) is 0 Å². The summed E-state index contributed by atoms with van der Waals surface area (Å²) in [6.45, 7) is 2.58. The van der Waals surface area contributed by atoms with Gasteiger partial charge in [-0.15, -0.1) is 11.8 Å². The largest absolute Gasteiger partial charge is 0.504 e. The normalized spacial score (nSPS) is 25.0. The molecule has 2 aliphatic carbocycles. The number of amides is 1. The van der Waals surface area contributed by atoms with Crippen molar-refractivity contribution in [2.24, 2.45) is 5.92 Å². The van der Waals surface area contributed by atoms with Gasteiger partial charge in [0.15, 0.2) is 11.5 Å². The van der Waals surface area contributed by atoms with E-state index < -0.39 is 10.9 Å². The molecule has 2 bridgehead atoms. The van der Waals surface area contributed by atoms with E-state index in [1.54, 1.807) is 6.07 Å². The van der Waals surface area contributed by atoms with E-state index in [1.165, 1.54) is 22.3 Å². The second-order valence-corrected chi connectivity index (χ2v) is 15.2. The molecule has 2 heterocycles. The lowest BCUT2D eigenvalue weighted by Crippen LogP contribution is -2.65. The lowest BCUT2D eigenvalue weighted by molar-refractivity contribution is -0.120. The number of nitrogens with zero attached hydrogens (tertiary/aromatic N) is 1. The summed E-state index contributed by atoms with van der Waals surface area (Å²) < 4.78 is 5.87. The van der Waals surface area contributed by atoms with Gasteiger partial charge in [-0.25, -0.2) is 0 Å². The lowest BCUT2D eigenvalue weighted by Gasteiger charge is -2.57. The summed E-state index contributed by atoms with van der Waals surface area (Å²) in [7, 11) is 0. The molecule has 3 N–H and O–H groups in total. The Hall–Kier alpha value is -4.04. The van der Waals surface area contributed by atoms with Crippen LogP contribution in [0.1, 0.15) is 53.5 Å². The molecule has 1 spiro atoms. The van der Waals surface area contributed by atoms with Crippen molar-refractivity contribution in [1.29, 1.82) is 0 Å². The Morgan fingerprint density at radius 1 is 0.898 bits per heavy atom. The SMILES string of the molecule is O=C(CCSC(c1ccccc1)(c1ccccc1)c1ccccc1)NCCCCN1CC[C@]23c4c5ccc(O)c4O[C@H]2[C@@H](O)C=C[C@H]3[C@H]1C5. The molecule has 1 fully saturated rings. The molecule has 0 unspecified atom stereocenters. The molecule has 0 aromatic heterocycles. The van der Waals surface area contributed by atoms with Crippen LogP contribution in [-0.4, -0.2) is 64.7 Å². The quantitative estimate of drug-likeness (QED) is 0.0897. The minimum atomic E-state index is -0.672. The standard InChI is InChI=1S/C42H44N2O4S/c45-35-20-18-29-28-34-33-19-21-36(46)40-41(33,38(29)39(35)48-40)23-26-44(34)25-11-10-24-43-37(47)22-27-49-42(30-12-4-1-5-13-30,31-14-6-2-7-15-31)32-16-8-3-9-17-32/h1-9,12-21,33-34,36,40,45-46H,10-11,22-28H2,(H,43,47)/t33-,34+,36-,40-,41-/m0/s1. The summed E-state index contributed by atoms with van der Waals surface area (Å²) in [6, 6.07) is 36.0. The van der Waals surface area contributed by atoms with Gasteiger partial charge in [-0.1, -0.05) is 109 Å². The highest BCUT2D eigenvalue weighted by molar-refractivity contribution is 8.00. The van der Waals surface area contributed by atoms with Gasteiger partial charge in [0, 0.05) is 41.7 Å². The number of rotatable bonds is 12. The predicted molar refractivity (Wildman–Crippen MR) is 195 cm³/mol. The maximum absolute atomic E-state index is 13.1. The number of hydrogen-bond donors (Lipinski definition) is 3. The minimum absolute atomic E-state index is 0.0941. The Kier molecular flexibility index (Phi) is 8.77. The number of aliphatic hydroxyl groups excluding tert-OH is 1. The lowest BCUT2D eigenvalue weighted by atomic mass is 9.53. The van der Waals surface area contributed by atoms with Crippen LogP contribution in [0, 0.1) is 5.92 Å². The van der Waals surface area contributed by atoms with Gasteiger partial charge in [0.25, 0.3) is 0 Å². The van der Waals surface area contributed by atoms with Crippen molar-refractivity contribution in [3.05, 3.63) is 143 Å². The number of aromatic hydroxyl groups is 1. The fourth-order valence-electron chi connectivity index (χ4n) is 9.23. The molecule has 4 aromatic rings. The smallest absolute Gasteiger partial charge is 0.220 e. The van der Waals surface area contributed by atoms with Crippen LogP contribution in [0.4, 0.5) is 0 Å². The van der Waals surface area contributed by atoms with Crippen molar-refractivity contribution < 1.29 is 19.7 Å². The average molecular weight is 673 g/mol. The first-order chi connectivity index (χ1) is 24.0. The Labute approximate surface area is 293 Å². The molecule has 49 heavy (non-hydrogen) atoms. The number of likely N-dealkylation sites (tertiary alicyclic amines) is 1. The van der Waals surface area contributed by atoms with Crippen LogP contribution in [0.15, 0.2) is 115 Å². The van der Waals surface area contributed by atoms with E-state index in [2.05, 4.69) is 113 Å². The number of carbonyl (C=O) groups is 1. The maximum atomic E-state index is 13.1. The molecule has 0 saturated carbocycles. The van der Waals surface area contributed by atoms with E-state index in [0.717, 1.165) is 44.3 Å². The van der Waals surface area contributed by atoms with Gasteiger partial charge in [-0.2, -0.15) is 0 Å². The van der Waals surface area contributed by atoms with Crippen LogP contribution >= 0.6 is 11.8 Å². The van der Waals surface area contributed by atoms with Crippen molar-refractivity contribution in [3.8, 4) is 11.5 Å². The van der Waals surface area contributed by atoms with Gasteiger partial charge in [-0.3, -0.25) is 9.69 Å². The van der Waals surface area contributed by atoms with Crippen LogP contribution < -0.4 is 10.1 Å². The highest BCUT2D eigenvalue weighted by Gasteiger charge is 2.64. The molecule has 6 nitrogen and oxygen atoms in total. The molecular weight excluding hydrogens is 629 g/mol. The van der Waals surface area contributed by atoms with Crippen LogP contribution in [-0.2, 0) is 21.4 Å². The fourth-order valence-corrected chi connectivity index (χ4v) is 10.7. The van der Waals surface area contributed by atoms with E-state index in [1.807, 2.05) is 17.8 Å². The third-order valence-corrected chi connectivity index (χ3v) is 12.9. The number of piperidine rings is 1. The Balaban J connectivity index is 0.874. The predicted octanol–water partition coefficient (Wildman–Crippen LogP) is 6.58. The van der Waals surface area contributed by atoms with Crippen molar-refractivity contribution in [1.82, 2.24) is 10.2 Å². The molecule has 4 aromatic carbocycles. The van der Waals surface area contributed by atoms with Gasteiger partial charge in [0.1, 0.15) is 12.2 Å². The Morgan fingerprint density at radius 3 is 2.20 bits per heavy atom. The van der Waals surface area contributed by atoms with E-state index in [4.69, 9.17) is 4.74 Å². The van der Waals surface area contributed by atoms with Gasteiger partial charge in [-0.05, 0) is 67.1 Å². The molecular formula is C42H44N2O4S. The molecule has 5 atom stereocenters. The number of carbonyl (C=O) groups excluding carboxylic acids is 1. The summed E-state index contributed by atoms with van der Waals surface area (Å²) >= 11 is 1.82. The third kappa shape index (κ3) is 5.47. The van der Waals surface area contributed by atoms with Crippen LogP contribution in [0.5, 0.6) is 11.5 Å². The number of thioether (sulfide) groups is 1. The number of ether oxygens (including phenoxy) is 1. The van der Waals surface area contributed by atoms with Crippen LogP contribution in [0.2, 0.25) is 0 Å². The highest BCUT2D eigenvalue weighted by Crippen LogP contribution is 2.62. The van der Waals surface area contributed by atoms with Crippen molar-refractivity contribution in [2.45, 2.75) is 60.5 Å². The van der Waals surface area contributed by atoms with Gasteiger partial charge in [0.2, 0.25) is 5.91 Å². The first-order valence-corrected chi connectivity index (χ1v) is 18.7. The molecule has 8 rings (SSSR count). The molecule has 1 amide bonds. The van der Waals surface area contributed by atoms with E-state index in [9.17, 15) is 15.0 Å². The van der Waals surface area contributed by atoms with Gasteiger partial charge in [0.05, 0.1) is 4.75 Å².